The summed E-state index contributed by atoms with van der Waals surface area (Å²) >= 11 is 0. The molecule has 48 heavy (non-hydrogen) atoms. The van der Waals surface area contributed by atoms with Gasteiger partial charge in [-0.1, -0.05) is 153 Å². The van der Waals surface area contributed by atoms with Crippen molar-refractivity contribution in [1.29, 1.82) is 0 Å². The number of aryl methyl sites for hydroxylation is 1. The fourth-order valence-electron chi connectivity index (χ4n) is 8.02. The topological polar surface area (TPSA) is 12.9 Å². The lowest BCUT2D eigenvalue weighted by atomic mass is 9.78. The molecule has 1 heterocycles. The predicted octanol–water partition coefficient (Wildman–Crippen LogP) is 12.5. The lowest BCUT2D eigenvalue weighted by molar-refractivity contribution is 0.839. The van der Waals surface area contributed by atoms with Gasteiger partial charge in [-0.25, -0.2) is 0 Å². The molecule has 1 aliphatic rings. The zero-order valence-electron chi connectivity index (χ0n) is 27.0. The average molecular weight is 614 g/mol. The van der Waals surface area contributed by atoms with Gasteiger partial charge in [0.1, 0.15) is 0 Å². The Bertz CT molecular complexity index is 2460. The normalized spacial score (nSPS) is 14.1. The van der Waals surface area contributed by atoms with Gasteiger partial charge in [-0.15, -0.1) is 0 Å². The van der Waals surface area contributed by atoms with E-state index in [0.717, 1.165) is 18.4 Å². The Labute approximate surface area is 281 Å². The fraction of sp³-hybridized carbons (Fsp3) is 0.0851. The van der Waals surface area contributed by atoms with Crippen LogP contribution in [0, 0.1) is 0 Å². The minimum Gasteiger partial charge on any atom is -0.264 e. The number of hydrogen-bond donors (Lipinski definition) is 0. The van der Waals surface area contributed by atoms with Crippen molar-refractivity contribution in [3.8, 4) is 33.4 Å². The van der Waals surface area contributed by atoms with Crippen molar-refractivity contribution >= 4 is 38.4 Å². The van der Waals surface area contributed by atoms with E-state index < -0.39 is 0 Å². The van der Waals surface area contributed by atoms with Crippen LogP contribution in [0.2, 0.25) is 0 Å². The predicted molar refractivity (Wildman–Crippen MR) is 204 cm³/mol. The number of aromatic nitrogens is 1. The van der Waals surface area contributed by atoms with Gasteiger partial charge in [0.25, 0.3) is 0 Å². The lowest BCUT2D eigenvalue weighted by Crippen LogP contribution is -2.08. The molecule has 0 aliphatic heterocycles. The monoisotopic (exact) mass is 613 g/mol. The van der Waals surface area contributed by atoms with Crippen LogP contribution in [0.4, 0.5) is 0 Å². The molecule has 0 radical (unpaired) electrons. The van der Waals surface area contributed by atoms with E-state index in [4.69, 9.17) is 0 Å². The van der Waals surface area contributed by atoms with Crippen LogP contribution in [0.5, 0.6) is 0 Å². The Kier molecular flexibility index (Phi) is 6.98. The van der Waals surface area contributed by atoms with Gasteiger partial charge in [0, 0.05) is 23.9 Å². The molecular formula is C47H35N. The van der Waals surface area contributed by atoms with Crippen molar-refractivity contribution in [3.05, 3.63) is 180 Å². The van der Waals surface area contributed by atoms with Crippen molar-refractivity contribution in [2.24, 2.45) is 0 Å². The highest BCUT2D eigenvalue weighted by molar-refractivity contribution is 6.20. The second-order valence-electron chi connectivity index (χ2n) is 12.9. The molecule has 0 amide bonds. The Hall–Kier alpha value is -5.79. The SMILES string of the molecule is CCc1ccc2c(c1)C=CC(c1c3ccccc3c(-c3cccc4c(-c5ccncc5-c5ccccc5)cccc34)c3ccccc13)C2. The maximum Gasteiger partial charge on any atom is 0.0352 e. The van der Waals surface area contributed by atoms with E-state index in [1.54, 1.807) is 0 Å². The molecule has 7 aromatic carbocycles. The molecule has 0 N–H and O–H groups in total. The highest BCUT2D eigenvalue weighted by Gasteiger charge is 2.24. The van der Waals surface area contributed by atoms with Gasteiger partial charge in [-0.05, 0) is 101 Å². The molecule has 0 bridgehead atoms. The van der Waals surface area contributed by atoms with E-state index >= 15 is 0 Å². The highest BCUT2D eigenvalue weighted by Crippen LogP contribution is 2.47. The van der Waals surface area contributed by atoms with Crippen LogP contribution < -0.4 is 0 Å². The van der Waals surface area contributed by atoms with Crippen molar-refractivity contribution < 1.29 is 0 Å². The Morgan fingerprint density at radius 3 is 1.94 bits per heavy atom. The van der Waals surface area contributed by atoms with Crippen molar-refractivity contribution in [2.75, 3.05) is 0 Å². The first-order chi connectivity index (χ1) is 23.8. The number of pyridine rings is 1. The molecule has 0 saturated heterocycles. The van der Waals surface area contributed by atoms with Crippen molar-refractivity contribution in [3.63, 3.8) is 0 Å². The third-order valence-corrected chi connectivity index (χ3v) is 10.3. The molecule has 0 fully saturated rings. The zero-order chi connectivity index (χ0) is 32.0. The van der Waals surface area contributed by atoms with Gasteiger partial charge in [-0.3, -0.25) is 4.98 Å². The lowest BCUT2D eigenvalue weighted by Gasteiger charge is -2.25. The standard InChI is InChI=1S/C47H35N/c1-2-31-22-23-34-29-35(25-24-33(34)28-31)46-41-14-6-8-16-43(41)47(44-17-9-7-15-42(44)46)40-21-11-19-36-37(18-10-20-38(36)40)39-26-27-48-30-45(39)32-12-4-3-5-13-32/h3-28,30,35H,2,29H2,1H3. The Morgan fingerprint density at radius 2 is 1.21 bits per heavy atom. The maximum absolute atomic E-state index is 4.52. The summed E-state index contributed by atoms with van der Waals surface area (Å²) in [4.78, 5) is 4.52. The zero-order valence-corrected chi connectivity index (χ0v) is 27.0. The van der Waals surface area contributed by atoms with Gasteiger partial charge in [0.05, 0.1) is 0 Å². The molecule has 228 valence electrons. The van der Waals surface area contributed by atoms with Crippen LogP contribution in [0.25, 0.3) is 71.8 Å². The van der Waals surface area contributed by atoms with Gasteiger partial charge in [0.2, 0.25) is 0 Å². The Morgan fingerprint density at radius 1 is 0.562 bits per heavy atom. The summed E-state index contributed by atoms with van der Waals surface area (Å²) in [6.45, 7) is 2.23. The second-order valence-corrected chi connectivity index (χ2v) is 12.9. The Balaban J connectivity index is 1.27. The summed E-state index contributed by atoms with van der Waals surface area (Å²) in [5.41, 5.74) is 12.9. The van der Waals surface area contributed by atoms with Crippen LogP contribution in [-0.4, -0.2) is 4.98 Å². The van der Waals surface area contributed by atoms with Crippen LogP contribution >= 0.6 is 0 Å². The van der Waals surface area contributed by atoms with E-state index in [0.29, 0.717) is 5.92 Å². The maximum atomic E-state index is 4.52. The molecule has 1 nitrogen and oxygen atoms in total. The van der Waals surface area contributed by atoms with E-state index in [2.05, 4.69) is 164 Å². The van der Waals surface area contributed by atoms with Gasteiger partial charge < -0.3 is 0 Å². The number of allylic oxidation sites excluding steroid dienone is 1. The first-order valence-electron chi connectivity index (χ1n) is 17.0. The minimum atomic E-state index is 0.302. The third-order valence-electron chi connectivity index (χ3n) is 10.3. The van der Waals surface area contributed by atoms with Crippen LogP contribution in [-0.2, 0) is 12.8 Å². The number of rotatable bonds is 5. The van der Waals surface area contributed by atoms with Crippen molar-refractivity contribution in [1.82, 2.24) is 4.98 Å². The van der Waals surface area contributed by atoms with Crippen LogP contribution in [0.1, 0.15) is 35.1 Å². The molecule has 1 heteroatoms. The number of hydrogen-bond acceptors (Lipinski definition) is 1. The first-order valence-corrected chi connectivity index (χ1v) is 17.0. The minimum absolute atomic E-state index is 0.302. The molecule has 9 rings (SSSR count). The molecule has 1 aliphatic carbocycles. The molecule has 1 aromatic heterocycles. The summed E-state index contributed by atoms with van der Waals surface area (Å²) in [5, 5.41) is 7.78. The summed E-state index contributed by atoms with van der Waals surface area (Å²) in [6, 6.07) is 51.5. The smallest absolute Gasteiger partial charge is 0.0352 e. The molecule has 1 unspecified atom stereocenters. The van der Waals surface area contributed by atoms with Gasteiger partial charge >= 0.3 is 0 Å². The summed E-state index contributed by atoms with van der Waals surface area (Å²) in [5.74, 6) is 0.302. The second kappa shape index (κ2) is 11.8. The molecular weight excluding hydrogens is 579 g/mol. The van der Waals surface area contributed by atoms with Gasteiger partial charge in [-0.2, -0.15) is 0 Å². The van der Waals surface area contributed by atoms with Crippen molar-refractivity contribution in [2.45, 2.75) is 25.7 Å². The van der Waals surface area contributed by atoms with E-state index in [1.165, 1.54) is 82.4 Å². The summed E-state index contributed by atoms with van der Waals surface area (Å²) in [6.07, 6.45) is 10.8. The van der Waals surface area contributed by atoms with E-state index in [1.807, 2.05) is 12.4 Å². The quantitative estimate of drug-likeness (QED) is 0.176. The summed E-state index contributed by atoms with van der Waals surface area (Å²) < 4.78 is 0. The fourth-order valence-corrected chi connectivity index (χ4v) is 8.02. The average Bonchev–Trinajstić information content (AvgIpc) is 3.16. The third kappa shape index (κ3) is 4.66. The van der Waals surface area contributed by atoms with E-state index in [9.17, 15) is 0 Å². The molecule has 8 aromatic rings. The van der Waals surface area contributed by atoms with E-state index in [-0.39, 0.29) is 0 Å². The van der Waals surface area contributed by atoms with Crippen LogP contribution in [0.15, 0.2) is 158 Å². The highest BCUT2D eigenvalue weighted by atomic mass is 14.6. The van der Waals surface area contributed by atoms with Crippen LogP contribution in [0.3, 0.4) is 0 Å². The number of nitrogens with zero attached hydrogens (tertiary/aromatic N) is 1. The first kappa shape index (κ1) is 28.4. The largest absolute Gasteiger partial charge is 0.264 e. The molecule has 0 spiro atoms. The molecule has 1 atom stereocenters. The van der Waals surface area contributed by atoms with Gasteiger partial charge in [0.15, 0.2) is 0 Å². The molecule has 0 saturated carbocycles. The summed E-state index contributed by atoms with van der Waals surface area (Å²) in [7, 11) is 0. The number of fused-ring (bicyclic) bond motifs is 4. The number of benzene rings is 7.